The minimum Gasteiger partial charge on any atom is -0.467 e. The van der Waals surface area contributed by atoms with Crippen LogP contribution in [0.4, 0.5) is 0 Å². The smallest absolute Gasteiger partial charge is 0.332 e. The van der Waals surface area contributed by atoms with Crippen LogP contribution < -0.4 is 0 Å². The van der Waals surface area contributed by atoms with Gasteiger partial charge < -0.3 is 9.64 Å². The van der Waals surface area contributed by atoms with E-state index in [1.54, 1.807) is 29.2 Å². The molecule has 2 rings (SSSR count). The van der Waals surface area contributed by atoms with Gasteiger partial charge in [0.05, 0.1) is 12.7 Å². The molecule has 5 heteroatoms. The zero-order valence-corrected chi connectivity index (χ0v) is 12.9. The van der Waals surface area contributed by atoms with Gasteiger partial charge in [0.25, 0.3) is 5.91 Å². The SMILES string of the molecule is C=CCC1(C(=O)OC)CCN1C(=O)c1ccccc1Br. The van der Waals surface area contributed by atoms with Gasteiger partial charge in [0.15, 0.2) is 0 Å². The Bertz CT molecular complexity index is 558. The number of carbonyl (C=O) groups excluding carboxylic acids is 2. The Labute approximate surface area is 126 Å². The van der Waals surface area contributed by atoms with Crippen molar-refractivity contribution in [3.05, 3.63) is 47.0 Å². The number of benzene rings is 1. The molecule has 1 amide bonds. The lowest BCUT2D eigenvalue weighted by Gasteiger charge is -2.50. The van der Waals surface area contributed by atoms with E-state index in [-0.39, 0.29) is 11.9 Å². The Kier molecular flexibility index (Phi) is 4.28. The Morgan fingerprint density at radius 1 is 1.50 bits per heavy atom. The molecule has 1 fully saturated rings. The van der Waals surface area contributed by atoms with Crippen molar-refractivity contribution in [3.63, 3.8) is 0 Å². The van der Waals surface area contributed by atoms with Crippen molar-refractivity contribution in [1.82, 2.24) is 4.90 Å². The van der Waals surface area contributed by atoms with E-state index in [1.807, 2.05) is 6.07 Å². The standard InChI is InChI=1S/C15H16BrNO3/c1-3-8-15(14(19)20-2)9-10-17(15)13(18)11-6-4-5-7-12(11)16/h3-7H,1,8-10H2,2H3. The fourth-order valence-electron chi connectivity index (χ4n) is 2.51. The number of amides is 1. The second kappa shape index (κ2) is 5.79. The highest BCUT2D eigenvalue weighted by molar-refractivity contribution is 9.10. The molecule has 0 radical (unpaired) electrons. The summed E-state index contributed by atoms with van der Waals surface area (Å²) >= 11 is 3.37. The minimum absolute atomic E-state index is 0.170. The quantitative estimate of drug-likeness (QED) is 0.627. The maximum absolute atomic E-state index is 12.6. The predicted octanol–water partition coefficient (Wildman–Crippen LogP) is 2.78. The summed E-state index contributed by atoms with van der Waals surface area (Å²) in [4.78, 5) is 26.2. The predicted molar refractivity (Wildman–Crippen MR) is 79.4 cm³/mol. The summed E-state index contributed by atoms with van der Waals surface area (Å²) in [7, 11) is 1.34. The molecule has 0 bridgehead atoms. The summed E-state index contributed by atoms with van der Waals surface area (Å²) in [6.45, 7) is 4.22. The Morgan fingerprint density at radius 3 is 2.70 bits per heavy atom. The normalized spacial score (nSPS) is 21.0. The first-order chi connectivity index (χ1) is 9.56. The van der Waals surface area contributed by atoms with Crippen LogP contribution in [0.5, 0.6) is 0 Å². The van der Waals surface area contributed by atoms with Gasteiger partial charge in [0.1, 0.15) is 5.54 Å². The first-order valence-corrected chi connectivity index (χ1v) is 7.12. The van der Waals surface area contributed by atoms with Crippen molar-refractivity contribution in [1.29, 1.82) is 0 Å². The largest absolute Gasteiger partial charge is 0.467 e. The van der Waals surface area contributed by atoms with E-state index in [4.69, 9.17) is 4.74 Å². The van der Waals surface area contributed by atoms with E-state index in [0.29, 0.717) is 29.4 Å². The zero-order chi connectivity index (χ0) is 14.8. The highest BCUT2D eigenvalue weighted by atomic mass is 79.9. The number of rotatable bonds is 4. The molecular formula is C15H16BrNO3. The second-order valence-electron chi connectivity index (χ2n) is 4.70. The van der Waals surface area contributed by atoms with Gasteiger partial charge in [0.2, 0.25) is 0 Å². The average Bonchev–Trinajstić information content (AvgIpc) is 2.43. The molecule has 1 atom stereocenters. The number of hydrogen-bond donors (Lipinski definition) is 0. The minimum atomic E-state index is -0.900. The molecule has 0 aromatic heterocycles. The molecule has 106 valence electrons. The number of carbonyl (C=O) groups is 2. The summed E-state index contributed by atoms with van der Waals surface area (Å²) < 4.78 is 5.58. The second-order valence-corrected chi connectivity index (χ2v) is 5.56. The summed E-state index contributed by atoms with van der Waals surface area (Å²) in [6.07, 6.45) is 2.65. The molecular weight excluding hydrogens is 322 g/mol. The molecule has 1 aliphatic rings. The van der Waals surface area contributed by atoms with Crippen LogP contribution in [0, 0.1) is 0 Å². The van der Waals surface area contributed by atoms with E-state index >= 15 is 0 Å². The Hall–Kier alpha value is -1.62. The van der Waals surface area contributed by atoms with Crippen LogP contribution in [-0.2, 0) is 9.53 Å². The van der Waals surface area contributed by atoms with Crippen LogP contribution in [-0.4, -0.2) is 36.0 Å². The highest BCUT2D eigenvalue weighted by Crippen LogP contribution is 2.37. The zero-order valence-electron chi connectivity index (χ0n) is 11.3. The van der Waals surface area contributed by atoms with Crippen molar-refractivity contribution in [2.75, 3.05) is 13.7 Å². The van der Waals surface area contributed by atoms with Gasteiger partial charge in [-0.15, -0.1) is 6.58 Å². The average molecular weight is 338 g/mol. The van der Waals surface area contributed by atoms with Crippen molar-refractivity contribution >= 4 is 27.8 Å². The molecule has 1 unspecified atom stereocenters. The van der Waals surface area contributed by atoms with E-state index in [2.05, 4.69) is 22.5 Å². The van der Waals surface area contributed by atoms with Gasteiger partial charge in [-0.25, -0.2) is 4.79 Å². The van der Waals surface area contributed by atoms with Crippen molar-refractivity contribution < 1.29 is 14.3 Å². The van der Waals surface area contributed by atoms with Crippen LogP contribution >= 0.6 is 15.9 Å². The maximum Gasteiger partial charge on any atom is 0.332 e. The fraction of sp³-hybridized carbons (Fsp3) is 0.333. The topological polar surface area (TPSA) is 46.6 Å². The number of likely N-dealkylation sites (tertiary alicyclic amines) is 1. The molecule has 20 heavy (non-hydrogen) atoms. The molecule has 1 aliphatic heterocycles. The van der Waals surface area contributed by atoms with Gasteiger partial charge in [-0.05, 0) is 40.9 Å². The molecule has 1 aromatic rings. The number of ether oxygens (including phenoxy) is 1. The molecule has 1 heterocycles. The number of halogens is 1. The van der Waals surface area contributed by atoms with Crippen molar-refractivity contribution in [2.24, 2.45) is 0 Å². The fourth-order valence-corrected chi connectivity index (χ4v) is 2.96. The van der Waals surface area contributed by atoms with Crippen LogP contribution in [0.3, 0.4) is 0 Å². The van der Waals surface area contributed by atoms with Crippen LogP contribution in [0.25, 0.3) is 0 Å². The molecule has 1 saturated heterocycles. The number of methoxy groups -OCH3 is 1. The summed E-state index contributed by atoms with van der Waals surface area (Å²) in [6, 6.07) is 7.18. The summed E-state index contributed by atoms with van der Waals surface area (Å²) in [5.41, 5.74) is -0.354. The monoisotopic (exact) mass is 337 g/mol. The molecule has 0 spiro atoms. The lowest BCUT2D eigenvalue weighted by atomic mass is 9.80. The molecule has 4 nitrogen and oxygen atoms in total. The van der Waals surface area contributed by atoms with E-state index < -0.39 is 5.54 Å². The number of hydrogen-bond acceptors (Lipinski definition) is 3. The molecule has 1 aromatic carbocycles. The van der Waals surface area contributed by atoms with Crippen molar-refractivity contribution in [3.8, 4) is 0 Å². The van der Waals surface area contributed by atoms with Crippen LogP contribution in [0.1, 0.15) is 23.2 Å². The first kappa shape index (κ1) is 14.8. The third-order valence-electron chi connectivity index (χ3n) is 3.66. The molecule has 0 N–H and O–H groups in total. The number of nitrogens with zero attached hydrogens (tertiary/aromatic N) is 1. The van der Waals surface area contributed by atoms with Crippen LogP contribution in [0.2, 0.25) is 0 Å². The third-order valence-corrected chi connectivity index (χ3v) is 4.35. The van der Waals surface area contributed by atoms with Gasteiger partial charge in [-0.1, -0.05) is 18.2 Å². The Balaban J connectivity index is 2.32. The third kappa shape index (κ3) is 2.26. The van der Waals surface area contributed by atoms with Gasteiger partial charge in [0, 0.05) is 11.0 Å². The van der Waals surface area contributed by atoms with Crippen LogP contribution in [0.15, 0.2) is 41.4 Å². The Morgan fingerprint density at radius 2 is 2.20 bits per heavy atom. The lowest BCUT2D eigenvalue weighted by molar-refractivity contribution is -0.161. The van der Waals surface area contributed by atoms with E-state index in [1.165, 1.54) is 7.11 Å². The first-order valence-electron chi connectivity index (χ1n) is 6.32. The summed E-state index contributed by atoms with van der Waals surface area (Å²) in [5.74, 6) is -0.556. The molecule has 0 aliphatic carbocycles. The van der Waals surface area contributed by atoms with Gasteiger partial charge in [-0.3, -0.25) is 4.79 Å². The lowest BCUT2D eigenvalue weighted by Crippen LogP contribution is -2.66. The highest BCUT2D eigenvalue weighted by Gasteiger charge is 2.53. The van der Waals surface area contributed by atoms with Gasteiger partial charge in [-0.2, -0.15) is 0 Å². The number of esters is 1. The van der Waals surface area contributed by atoms with E-state index in [0.717, 1.165) is 0 Å². The molecule has 0 saturated carbocycles. The summed E-state index contributed by atoms with van der Waals surface area (Å²) in [5, 5.41) is 0. The maximum atomic E-state index is 12.6. The van der Waals surface area contributed by atoms with Gasteiger partial charge >= 0.3 is 5.97 Å². The van der Waals surface area contributed by atoms with Crippen molar-refractivity contribution in [2.45, 2.75) is 18.4 Å². The van der Waals surface area contributed by atoms with E-state index in [9.17, 15) is 9.59 Å².